The van der Waals surface area contributed by atoms with Crippen LogP contribution in [0.5, 0.6) is 0 Å². The van der Waals surface area contributed by atoms with Gasteiger partial charge in [-0.05, 0) is 62.2 Å². The van der Waals surface area contributed by atoms with Gasteiger partial charge in [-0.15, -0.1) is 0 Å². The Balaban J connectivity index is 1.98. The van der Waals surface area contributed by atoms with Gasteiger partial charge in [0, 0.05) is 7.11 Å². The van der Waals surface area contributed by atoms with Crippen molar-refractivity contribution >= 4 is 0 Å². The maximum absolute atomic E-state index is 5.79. The van der Waals surface area contributed by atoms with Crippen molar-refractivity contribution in [1.82, 2.24) is 0 Å². The molecule has 0 aromatic heterocycles. The molecule has 0 heterocycles. The first kappa shape index (κ1) is 12.4. The van der Waals surface area contributed by atoms with Crippen LogP contribution in [0.15, 0.2) is 0 Å². The minimum absolute atomic E-state index is 0.138. The molecule has 0 aromatic rings. The van der Waals surface area contributed by atoms with Gasteiger partial charge in [0.1, 0.15) is 0 Å². The predicted octanol–water partition coefficient (Wildman–Crippen LogP) is 4.12. The van der Waals surface area contributed by atoms with Crippen molar-refractivity contribution in [2.24, 2.45) is 29.6 Å². The monoisotopic (exact) mass is 224 g/mol. The summed E-state index contributed by atoms with van der Waals surface area (Å²) < 4.78 is 5.79. The van der Waals surface area contributed by atoms with Crippen LogP contribution in [0.2, 0.25) is 0 Å². The van der Waals surface area contributed by atoms with Gasteiger partial charge in [0.15, 0.2) is 0 Å². The smallest absolute Gasteiger partial charge is 0.0676 e. The highest BCUT2D eigenvalue weighted by Crippen LogP contribution is 2.58. The van der Waals surface area contributed by atoms with E-state index in [1.807, 2.05) is 7.11 Å². The van der Waals surface area contributed by atoms with Gasteiger partial charge in [0.2, 0.25) is 0 Å². The number of fused-ring (bicyclic) bond motifs is 1. The predicted molar refractivity (Wildman–Crippen MR) is 68.4 cm³/mol. The number of methoxy groups -OCH3 is 1. The Hall–Kier alpha value is -0.0400. The van der Waals surface area contributed by atoms with Crippen molar-refractivity contribution in [2.45, 2.75) is 59.0 Å². The standard InChI is InChI=1S/C15H28O/c1-6-15(4,16-5)12-7-11-8-13(10(2)3)14(11)9-12/h10-14H,6-9H2,1-5H3. The Morgan fingerprint density at radius 2 is 1.94 bits per heavy atom. The van der Waals surface area contributed by atoms with Crippen molar-refractivity contribution in [2.75, 3.05) is 7.11 Å². The summed E-state index contributed by atoms with van der Waals surface area (Å²) in [4.78, 5) is 0. The highest BCUT2D eigenvalue weighted by Gasteiger charge is 2.52. The molecule has 0 amide bonds. The van der Waals surface area contributed by atoms with Crippen LogP contribution < -0.4 is 0 Å². The SMILES string of the molecule is CCC(C)(OC)C1CC2CC(C(C)C)C2C1. The van der Waals surface area contributed by atoms with E-state index >= 15 is 0 Å². The maximum atomic E-state index is 5.79. The van der Waals surface area contributed by atoms with Gasteiger partial charge >= 0.3 is 0 Å². The Labute approximate surface area is 101 Å². The first-order valence-corrected chi connectivity index (χ1v) is 7.07. The topological polar surface area (TPSA) is 9.23 Å². The van der Waals surface area contributed by atoms with Gasteiger partial charge in [-0.1, -0.05) is 20.8 Å². The molecule has 0 N–H and O–H groups in total. The zero-order valence-corrected chi connectivity index (χ0v) is 11.6. The molecule has 0 bridgehead atoms. The van der Waals surface area contributed by atoms with Gasteiger partial charge in [-0.25, -0.2) is 0 Å². The molecule has 94 valence electrons. The molecule has 2 aliphatic rings. The van der Waals surface area contributed by atoms with Crippen LogP contribution in [0.3, 0.4) is 0 Å². The molecule has 1 nitrogen and oxygen atoms in total. The lowest BCUT2D eigenvalue weighted by molar-refractivity contribution is -0.0458. The highest BCUT2D eigenvalue weighted by atomic mass is 16.5. The van der Waals surface area contributed by atoms with Gasteiger partial charge in [0.05, 0.1) is 5.60 Å². The Morgan fingerprint density at radius 3 is 2.44 bits per heavy atom. The van der Waals surface area contributed by atoms with E-state index in [0.29, 0.717) is 0 Å². The Kier molecular flexibility index (Phi) is 3.36. The fourth-order valence-electron chi connectivity index (χ4n) is 4.15. The maximum Gasteiger partial charge on any atom is 0.0676 e. The molecule has 1 heteroatoms. The lowest BCUT2D eigenvalue weighted by atomic mass is 9.62. The molecular weight excluding hydrogens is 196 g/mol. The molecule has 2 fully saturated rings. The third-order valence-corrected chi connectivity index (χ3v) is 5.76. The summed E-state index contributed by atoms with van der Waals surface area (Å²) in [5.74, 6) is 4.74. The summed E-state index contributed by atoms with van der Waals surface area (Å²) in [7, 11) is 1.89. The molecule has 0 spiro atoms. The molecule has 2 rings (SSSR count). The van der Waals surface area contributed by atoms with Crippen LogP contribution in [-0.4, -0.2) is 12.7 Å². The largest absolute Gasteiger partial charge is 0.378 e. The average molecular weight is 224 g/mol. The fourth-order valence-corrected chi connectivity index (χ4v) is 4.15. The summed E-state index contributed by atoms with van der Waals surface area (Å²) >= 11 is 0. The van der Waals surface area contributed by atoms with Gasteiger partial charge < -0.3 is 4.74 Å². The minimum Gasteiger partial charge on any atom is -0.378 e. The Morgan fingerprint density at radius 1 is 1.25 bits per heavy atom. The lowest BCUT2D eigenvalue weighted by Gasteiger charge is -2.43. The van der Waals surface area contributed by atoms with Crippen LogP contribution in [0.4, 0.5) is 0 Å². The summed E-state index contributed by atoms with van der Waals surface area (Å²) in [6, 6.07) is 0. The normalized spacial score (nSPS) is 41.6. The fraction of sp³-hybridized carbons (Fsp3) is 1.00. The van der Waals surface area contributed by atoms with E-state index in [1.54, 1.807) is 0 Å². The van der Waals surface area contributed by atoms with E-state index in [2.05, 4.69) is 27.7 Å². The molecule has 0 saturated heterocycles. The number of ether oxygens (including phenoxy) is 1. The van der Waals surface area contributed by atoms with E-state index < -0.39 is 0 Å². The van der Waals surface area contributed by atoms with E-state index in [-0.39, 0.29) is 5.60 Å². The van der Waals surface area contributed by atoms with E-state index in [9.17, 15) is 0 Å². The van der Waals surface area contributed by atoms with Crippen molar-refractivity contribution in [3.63, 3.8) is 0 Å². The van der Waals surface area contributed by atoms with E-state index in [4.69, 9.17) is 4.74 Å². The first-order valence-electron chi connectivity index (χ1n) is 7.07. The third kappa shape index (κ3) is 1.81. The summed E-state index contributed by atoms with van der Waals surface area (Å²) in [6.45, 7) is 9.36. The van der Waals surface area contributed by atoms with Crippen molar-refractivity contribution in [1.29, 1.82) is 0 Å². The molecule has 5 atom stereocenters. The Bertz CT molecular complexity index is 242. The minimum atomic E-state index is 0.138. The van der Waals surface area contributed by atoms with E-state index in [1.165, 1.54) is 19.3 Å². The molecule has 2 aliphatic carbocycles. The third-order valence-electron chi connectivity index (χ3n) is 5.76. The molecule has 0 radical (unpaired) electrons. The highest BCUT2D eigenvalue weighted by molar-refractivity contribution is 5.01. The second-order valence-electron chi connectivity index (χ2n) is 6.61. The first-order chi connectivity index (χ1) is 7.51. The zero-order chi connectivity index (χ0) is 11.9. The molecule has 2 saturated carbocycles. The van der Waals surface area contributed by atoms with Crippen LogP contribution in [0.1, 0.15) is 53.4 Å². The lowest BCUT2D eigenvalue weighted by Crippen LogP contribution is -2.36. The second kappa shape index (κ2) is 4.33. The second-order valence-corrected chi connectivity index (χ2v) is 6.61. The number of rotatable bonds is 4. The van der Waals surface area contributed by atoms with Crippen LogP contribution in [0.25, 0.3) is 0 Å². The van der Waals surface area contributed by atoms with Gasteiger partial charge in [-0.3, -0.25) is 0 Å². The number of hydrogen-bond acceptors (Lipinski definition) is 1. The van der Waals surface area contributed by atoms with Crippen molar-refractivity contribution < 1.29 is 4.74 Å². The average Bonchev–Trinajstić information content (AvgIpc) is 2.55. The molecule has 0 aromatic carbocycles. The molecule has 5 unspecified atom stereocenters. The molecule has 16 heavy (non-hydrogen) atoms. The van der Waals surface area contributed by atoms with Crippen molar-refractivity contribution in [3.8, 4) is 0 Å². The van der Waals surface area contributed by atoms with Crippen LogP contribution in [0, 0.1) is 29.6 Å². The van der Waals surface area contributed by atoms with Crippen LogP contribution >= 0.6 is 0 Å². The summed E-state index contributed by atoms with van der Waals surface area (Å²) in [5, 5.41) is 0. The summed E-state index contributed by atoms with van der Waals surface area (Å²) in [6.07, 6.45) is 5.49. The van der Waals surface area contributed by atoms with Gasteiger partial charge in [-0.2, -0.15) is 0 Å². The zero-order valence-electron chi connectivity index (χ0n) is 11.6. The molecule has 0 aliphatic heterocycles. The van der Waals surface area contributed by atoms with E-state index in [0.717, 1.165) is 36.0 Å². The van der Waals surface area contributed by atoms with Gasteiger partial charge in [0.25, 0.3) is 0 Å². The number of hydrogen-bond donors (Lipinski definition) is 0. The van der Waals surface area contributed by atoms with Crippen LogP contribution in [-0.2, 0) is 4.74 Å². The summed E-state index contributed by atoms with van der Waals surface area (Å²) in [5.41, 5.74) is 0.138. The molecular formula is C15H28O. The quantitative estimate of drug-likeness (QED) is 0.698. The van der Waals surface area contributed by atoms with Crippen molar-refractivity contribution in [3.05, 3.63) is 0 Å².